The number of hydrogen-bond donors (Lipinski definition) is 1. The summed E-state index contributed by atoms with van der Waals surface area (Å²) in [6.07, 6.45) is -3.41. The molecule has 0 amide bonds. The van der Waals surface area contributed by atoms with Gasteiger partial charge in [0.2, 0.25) is 5.23 Å². The second-order valence-corrected chi connectivity index (χ2v) is 7.10. The molecule has 1 atom stereocenters. The van der Waals surface area contributed by atoms with Gasteiger partial charge >= 0.3 is 6.36 Å². The SMILES string of the molecule is Cc1cc2nccc(NS(=O)(=C=O)c3ccc(OC(F)(F)F)cc3)n2n1. The van der Waals surface area contributed by atoms with E-state index in [9.17, 15) is 22.2 Å². The van der Waals surface area contributed by atoms with Crippen molar-refractivity contribution in [2.45, 2.75) is 18.2 Å². The van der Waals surface area contributed by atoms with Crippen LogP contribution < -0.4 is 9.46 Å². The number of alkyl halides is 3. The monoisotopic (exact) mass is 384 g/mol. The molecule has 26 heavy (non-hydrogen) atoms. The summed E-state index contributed by atoms with van der Waals surface area (Å²) in [6, 6.07) is 7.24. The van der Waals surface area contributed by atoms with Crippen molar-refractivity contribution >= 4 is 26.4 Å². The molecule has 0 aliphatic rings. The molecule has 0 spiro atoms. The summed E-state index contributed by atoms with van der Waals surface area (Å²) in [5.41, 5.74) is 1.12. The van der Waals surface area contributed by atoms with Gasteiger partial charge < -0.3 is 4.74 Å². The second kappa shape index (κ2) is 6.36. The van der Waals surface area contributed by atoms with Crippen LogP contribution in [0, 0.1) is 6.92 Å². The standard InChI is InChI=1S/C15H11F3N4O3S/c1-10-8-14-19-7-6-13(22(14)20-10)21-26(24,9-23)12-4-2-11(3-5-12)25-15(16,17)18/h2-8H,1H3,(H,21,24). The molecule has 0 fully saturated rings. The minimum atomic E-state index is -4.85. The molecule has 136 valence electrons. The van der Waals surface area contributed by atoms with E-state index < -0.39 is 21.8 Å². The molecule has 0 saturated carbocycles. The molecule has 3 rings (SSSR count). The van der Waals surface area contributed by atoms with Crippen LogP contribution in [0.15, 0.2) is 47.5 Å². The number of nitrogens with zero attached hydrogens (tertiary/aromatic N) is 3. The molecule has 0 aliphatic heterocycles. The van der Waals surface area contributed by atoms with Gasteiger partial charge in [0.25, 0.3) is 0 Å². The lowest BCUT2D eigenvalue weighted by Gasteiger charge is -2.13. The van der Waals surface area contributed by atoms with Crippen LogP contribution in [0.4, 0.5) is 19.0 Å². The summed E-state index contributed by atoms with van der Waals surface area (Å²) >= 11 is 0. The number of anilines is 1. The third-order valence-electron chi connectivity index (χ3n) is 3.24. The van der Waals surface area contributed by atoms with E-state index in [1.807, 2.05) is 0 Å². The Morgan fingerprint density at radius 3 is 2.54 bits per heavy atom. The zero-order valence-corrected chi connectivity index (χ0v) is 14.0. The Hall–Kier alpha value is -3.04. The fraction of sp³-hybridized carbons (Fsp3) is 0.133. The Morgan fingerprint density at radius 2 is 1.92 bits per heavy atom. The number of carbonyl (C=O) groups excluding carboxylic acids is 1. The van der Waals surface area contributed by atoms with Crippen molar-refractivity contribution < 1.29 is 26.9 Å². The number of hydrogen-bond acceptors (Lipinski definition) is 5. The summed E-state index contributed by atoms with van der Waals surface area (Å²) in [7, 11) is -3.58. The molecule has 0 saturated heterocycles. The van der Waals surface area contributed by atoms with Crippen LogP contribution in [0.3, 0.4) is 0 Å². The van der Waals surface area contributed by atoms with Crippen LogP contribution in [0.5, 0.6) is 5.75 Å². The van der Waals surface area contributed by atoms with Crippen LogP contribution in [0.2, 0.25) is 0 Å². The summed E-state index contributed by atoms with van der Waals surface area (Å²) in [5.74, 6) is -0.282. The number of aryl methyl sites for hydroxylation is 1. The molecule has 1 N–H and O–H groups in total. The summed E-state index contributed by atoms with van der Waals surface area (Å²) < 4.78 is 57.2. The third kappa shape index (κ3) is 3.63. The first-order chi connectivity index (χ1) is 12.2. The smallest absolute Gasteiger partial charge is 0.406 e. The molecule has 0 aliphatic carbocycles. The number of benzene rings is 1. The Kier molecular flexibility index (Phi) is 4.34. The normalized spacial score (nSPS) is 13.8. The van der Waals surface area contributed by atoms with Gasteiger partial charge in [0.15, 0.2) is 15.4 Å². The van der Waals surface area contributed by atoms with E-state index in [2.05, 4.69) is 19.5 Å². The average Bonchev–Trinajstić information content (AvgIpc) is 2.95. The van der Waals surface area contributed by atoms with Crippen LogP contribution >= 0.6 is 0 Å². The Morgan fingerprint density at radius 1 is 1.23 bits per heavy atom. The van der Waals surface area contributed by atoms with Gasteiger partial charge in [-0.1, -0.05) is 0 Å². The Balaban J connectivity index is 1.96. The van der Waals surface area contributed by atoms with Gasteiger partial charge in [0, 0.05) is 12.3 Å². The van der Waals surface area contributed by atoms with Gasteiger partial charge in [0.05, 0.1) is 10.6 Å². The van der Waals surface area contributed by atoms with Gasteiger partial charge in [0.1, 0.15) is 11.6 Å². The van der Waals surface area contributed by atoms with Gasteiger partial charge in [-0.2, -0.15) is 9.61 Å². The lowest BCUT2D eigenvalue weighted by Crippen LogP contribution is -2.18. The highest BCUT2D eigenvalue weighted by molar-refractivity contribution is 8.01. The first kappa shape index (κ1) is 17.8. The van der Waals surface area contributed by atoms with Crippen molar-refractivity contribution in [3.05, 3.63) is 48.3 Å². The van der Waals surface area contributed by atoms with E-state index in [1.54, 1.807) is 13.0 Å². The Labute approximate surface area is 145 Å². The number of halogens is 3. The fourth-order valence-corrected chi connectivity index (χ4v) is 3.42. The highest BCUT2D eigenvalue weighted by Crippen LogP contribution is 2.25. The number of aromatic nitrogens is 3. The minimum absolute atomic E-state index is 0.0594. The van der Waals surface area contributed by atoms with Crippen molar-refractivity contribution in [3.63, 3.8) is 0 Å². The van der Waals surface area contributed by atoms with E-state index >= 15 is 0 Å². The summed E-state index contributed by atoms with van der Waals surface area (Å²) in [5, 5.41) is 5.60. The van der Waals surface area contributed by atoms with Gasteiger partial charge in [-0.25, -0.2) is 14.0 Å². The quantitative estimate of drug-likeness (QED) is 0.699. The van der Waals surface area contributed by atoms with E-state index in [4.69, 9.17) is 0 Å². The first-order valence-electron chi connectivity index (χ1n) is 7.08. The molecule has 2 heterocycles. The van der Waals surface area contributed by atoms with E-state index in [0.29, 0.717) is 11.3 Å². The van der Waals surface area contributed by atoms with Crippen molar-refractivity contribution in [3.8, 4) is 5.75 Å². The van der Waals surface area contributed by atoms with Crippen molar-refractivity contribution in [1.29, 1.82) is 0 Å². The van der Waals surface area contributed by atoms with Crippen LogP contribution in [-0.4, -0.2) is 30.4 Å². The lowest BCUT2D eigenvalue weighted by molar-refractivity contribution is -0.274. The zero-order valence-electron chi connectivity index (χ0n) is 13.1. The topological polar surface area (TPSA) is 85.6 Å². The van der Waals surface area contributed by atoms with E-state index in [0.717, 1.165) is 24.3 Å². The maximum Gasteiger partial charge on any atom is 0.573 e. The molecular formula is C15H11F3N4O3S. The highest BCUT2D eigenvalue weighted by Gasteiger charge is 2.31. The minimum Gasteiger partial charge on any atom is -0.406 e. The number of ether oxygens (including phenoxy) is 1. The fourth-order valence-electron chi connectivity index (χ4n) is 2.20. The van der Waals surface area contributed by atoms with Crippen LogP contribution in [0.25, 0.3) is 5.65 Å². The molecule has 11 heteroatoms. The predicted octanol–water partition coefficient (Wildman–Crippen LogP) is 2.67. The zero-order chi connectivity index (χ0) is 18.9. The van der Waals surface area contributed by atoms with Gasteiger partial charge in [-0.05, 0) is 37.3 Å². The highest BCUT2D eigenvalue weighted by atomic mass is 32.2. The lowest BCUT2D eigenvalue weighted by atomic mass is 10.3. The maximum absolute atomic E-state index is 12.9. The first-order valence-corrected chi connectivity index (χ1v) is 8.64. The summed E-state index contributed by atoms with van der Waals surface area (Å²) in [4.78, 5) is 15.4. The number of fused-ring (bicyclic) bond motifs is 1. The molecule has 1 aromatic carbocycles. The number of rotatable bonds is 4. The third-order valence-corrected chi connectivity index (χ3v) is 4.90. The van der Waals surface area contributed by atoms with Gasteiger partial charge in [-0.15, -0.1) is 13.2 Å². The van der Waals surface area contributed by atoms with Gasteiger partial charge in [-0.3, -0.25) is 4.72 Å². The molecule has 2 aromatic heterocycles. The molecule has 0 radical (unpaired) electrons. The summed E-state index contributed by atoms with van der Waals surface area (Å²) in [6.45, 7) is 1.74. The molecule has 7 nitrogen and oxygen atoms in total. The molecule has 0 bridgehead atoms. The largest absolute Gasteiger partial charge is 0.573 e. The van der Waals surface area contributed by atoms with E-state index in [1.165, 1.54) is 22.0 Å². The average molecular weight is 384 g/mol. The molecule has 1 unspecified atom stereocenters. The van der Waals surface area contributed by atoms with Crippen LogP contribution in [-0.2, 0) is 14.5 Å². The molecule has 3 aromatic rings. The molecular weight excluding hydrogens is 373 g/mol. The van der Waals surface area contributed by atoms with E-state index in [-0.39, 0.29) is 10.7 Å². The predicted molar refractivity (Wildman–Crippen MR) is 86.6 cm³/mol. The maximum atomic E-state index is 12.9. The Bertz CT molecular complexity index is 1100. The van der Waals surface area contributed by atoms with Crippen molar-refractivity contribution in [1.82, 2.24) is 14.6 Å². The van der Waals surface area contributed by atoms with Crippen molar-refractivity contribution in [2.75, 3.05) is 4.72 Å². The van der Waals surface area contributed by atoms with Crippen LogP contribution in [0.1, 0.15) is 5.69 Å². The second-order valence-electron chi connectivity index (χ2n) is 5.15. The number of nitrogens with one attached hydrogen (secondary N) is 1. The van der Waals surface area contributed by atoms with Crippen molar-refractivity contribution in [2.24, 2.45) is 0 Å².